The monoisotopic (exact) mass is 508 g/mol. The fourth-order valence-electron chi connectivity index (χ4n) is 4.74. The quantitative estimate of drug-likeness (QED) is 0.431. The molecule has 2 heterocycles. The zero-order valence-electron chi connectivity index (χ0n) is 20.9. The molecule has 1 aliphatic rings. The number of anilines is 1. The van der Waals surface area contributed by atoms with E-state index in [1.807, 2.05) is 32.9 Å². The van der Waals surface area contributed by atoms with Gasteiger partial charge in [-0.05, 0) is 69.0 Å². The number of aryl methyl sites for hydroxylation is 3. The molecule has 0 unspecified atom stereocenters. The van der Waals surface area contributed by atoms with E-state index in [4.69, 9.17) is 15.5 Å². The number of sulfonamides is 1. The number of nitrogen functional groups attached to an aromatic ring is 1. The molecule has 36 heavy (non-hydrogen) atoms. The molecule has 1 amide bonds. The molecule has 0 aliphatic heterocycles. The molecule has 0 bridgehead atoms. The number of nitrogens with one attached hydrogen (secondary N) is 1. The van der Waals surface area contributed by atoms with Gasteiger partial charge in [-0.2, -0.15) is 8.42 Å². The van der Waals surface area contributed by atoms with E-state index in [0.717, 1.165) is 48.1 Å². The van der Waals surface area contributed by atoms with Crippen molar-refractivity contribution in [3.05, 3.63) is 70.4 Å². The average molecular weight is 509 g/mol. The normalized spacial score (nSPS) is 14.8. The maximum absolute atomic E-state index is 13.2. The van der Waals surface area contributed by atoms with Gasteiger partial charge in [-0.15, -0.1) is 0 Å². The number of amides is 1. The Morgan fingerprint density at radius 3 is 2.28 bits per heavy atom. The standard InChI is InChI=1S/C27H32N4O4S/c1-17-15-18(2)25(19(3)16-17)35-27-21(13-14-22(29-27)20-9-6-4-5-7-10-20)26(32)31-36(33,34)24-12-8-11-23(28)30-24/h8,11-16,20H,4-7,9-10H2,1-3H3,(H2,28,30)(H,31,32). The van der Waals surface area contributed by atoms with E-state index in [2.05, 4.69) is 9.71 Å². The molecule has 1 aliphatic carbocycles. The molecule has 1 fully saturated rings. The zero-order valence-corrected chi connectivity index (χ0v) is 21.7. The van der Waals surface area contributed by atoms with E-state index in [1.165, 1.54) is 31.0 Å². The van der Waals surface area contributed by atoms with E-state index in [9.17, 15) is 13.2 Å². The number of pyridine rings is 2. The molecule has 3 aromatic rings. The molecule has 0 saturated heterocycles. The maximum Gasteiger partial charge on any atom is 0.281 e. The number of nitrogens with zero attached hydrogens (tertiary/aromatic N) is 2. The molecule has 0 spiro atoms. The Morgan fingerprint density at radius 1 is 0.972 bits per heavy atom. The van der Waals surface area contributed by atoms with Crippen molar-refractivity contribution in [2.45, 2.75) is 70.2 Å². The van der Waals surface area contributed by atoms with Crippen LogP contribution in [0.15, 0.2) is 47.5 Å². The summed E-state index contributed by atoms with van der Waals surface area (Å²) in [4.78, 5) is 21.8. The van der Waals surface area contributed by atoms with Crippen LogP contribution in [0.2, 0.25) is 0 Å². The lowest BCUT2D eigenvalue weighted by Crippen LogP contribution is -2.31. The maximum atomic E-state index is 13.2. The first-order valence-corrected chi connectivity index (χ1v) is 13.7. The highest BCUT2D eigenvalue weighted by Crippen LogP contribution is 2.35. The Bertz CT molecular complexity index is 1360. The first kappa shape index (κ1) is 25.6. The van der Waals surface area contributed by atoms with Gasteiger partial charge in [0.05, 0.1) is 0 Å². The summed E-state index contributed by atoms with van der Waals surface area (Å²) < 4.78 is 34.0. The number of benzene rings is 1. The predicted molar refractivity (Wildman–Crippen MR) is 139 cm³/mol. The lowest BCUT2D eigenvalue weighted by atomic mass is 9.95. The van der Waals surface area contributed by atoms with Crippen LogP contribution in [0.3, 0.4) is 0 Å². The van der Waals surface area contributed by atoms with Gasteiger partial charge in [-0.3, -0.25) is 4.79 Å². The smallest absolute Gasteiger partial charge is 0.281 e. The molecule has 1 saturated carbocycles. The molecule has 0 atom stereocenters. The summed E-state index contributed by atoms with van der Waals surface area (Å²) in [5.74, 6) is 0.138. The molecule has 1 aromatic carbocycles. The second-order valence-corrected chi connectivity index (χ2v) is 11.1. The lowest BCUT2D eigenvalue weighted by molar-refractivity contribution is 0.0978. The Hall–Kier alpha value is -3.46. The van der Waals surface area contributed by atoms with Crippen molar-refractivity contribution in [3.63, 3.8) is 0 Å². The minimum Gasteiger partial charge on any atom is -0.438 e. The highest BCUT2D eigenvalue weighted by molar-refractivity contribution is 7.90. The van der Waals surface area contributed by atoms with Crippen LogP contribution >= 0.6 is 0 Å². The van der Waals surface area contributed by atoms with Crippen LogP contribution in [0.1, 0.15) is 77.2 Å². The van der Waals surface area contributed by atoms with Crippen LogP contribution < -0.4 is 15.2 Å². The van der Waals surface area contributed by atoms with Gasteiger partial charge in [0.15, 0.2) is 5.03 Å². The summed E-state index contributed by atoms with van der Waals surface area (Å²) in [7, 11) is -4.25. The van der Waals surface area contributed by atoms with E-state index >= 15 is 0 Å². The van der Waals surface area contributed by atoms with Crippen molar-refractivity contribution in [2.75, 3.05) is 5.73 Å². The van der Waals surface area contributed by atoms with E-state index in [1.54, 1.807) is 12.1 Å². The largest absolute Gasteiger partial charge is 0.438 e. The summed E-state index contributed by atoms with van der Waals surface area (Å²) in [6.07, 6.45) is 6.72. The third-order valence-electron chi connectivity index (χ3n) is 6.45. The predicted octanol–water partition coefficient (Wildman–Crippen LogP) is 5.33. The third kappa shape index (κ3) is 5.84. The Labute approximate surface area is 212 Å². The number of aromatic nitrogens is 2. The van der Waals surface area contributed by atoms with Crippen LogP contribution in [-0.4, -0.2) is 24.3 Å². The summed E-state index contributed by atoms with van der Waals surface area (Å²) in [6, 6.07) is 11.6. The van der Waals surface area contributed by atoms with Crippen molar-refractivity contribution in [2.24, 2.45) is 0 Å². The van der Waals surface area contributed by atoms with Crippen molar-refractivity contribution in [1.82, 2.24) is 14.7 Å². The van der Waals surface area contributed by atoms with Crippen molar-refractivity contribution >= 4 is 21.7 Å². The summed E-state index contributed by atoms with van der Waals surface area (Å²) in [5, 5.41) is -0.341. The molecule has 0 radical (unpaired) electrons. The fraction of sp³-hybridized carbons (Fsp3) is 0.370. The van der Waals surface area contributed by atoms with Gasteiger partial charge in [-0.25, -0.2) is 14.7 Å². The van der Waals surface area contributed by atoms with E-state index < -0.39 is 15.9 Å². The number of hydrogen-bond acceptors (Lipinski definition) is 7. The Kier molecular flexibility index (Phi) is 7.59. The van der Waals surface area contributed by atoms with Gasteiger partial charge < -0.3 is 10.5 Å². The highest BCUT2D eigenvalue weighted by atomic mass is 32.2. The third-order valence-corrected chi connectivity index (χ3v) is 7.68. The molecule has 190 valence electrons. The molecular weight excluding hydrogens is 476 g/mol. The number of carbonyl (C=O) groups is 1. The highest BCUT2D eigenvalue weighted by Gasteiger charge is 2.26. The molecule has 4 rings (SSSR count). The first-order chi connectivity index (χ1) is 17.1. The molecule has 8 nitrogen and oxygen atoms in total. The average Bonchev–Trinajstić information content (AvgIpc) is 3.10. The van der Waals surface area contributed by atoms with Gasteiger partial charge in [0, 0.05) is 11.6 Å². The van der Waals surface area contributed by atoms with Crippen molar-refractivity contribution in [3.8, 4) is 11.6 Å². The number of carbonyl (C=O) groups excluding carboxylic acids is 1. The summed E-state index contributed by atoms with van der Waals surface area (Å²) in [6.45, 7) is 5.86. The number of nitrogens with two attached hydrogens (primary N) is 1. The van der Waals surface area contributed by atoms with Gasteiger partial charge in [0.25, 0.3) is 15.9 Å². The molecular formula is C27H32N4O4S. The first-order valence-electron chi connectivity index (χ1n) is 12.2. The molecule has 2 aromatic heterocycles. The van der Waals surface area contributed by atoms with Crippen LogP contribution in [0.4, 0.5) is 5.82 Å². The van der Waals surface area contributed by atoms with E-state index in [0.29, 0.717) is 5.75 Å². The van der Waals surface area contributed by atoms with Gasteiger partial charge in [0.2, 0.25) is 5.88 Å². The second-order valence-electron chi connectivity index (χ2n) is 9.44. The van der Waals surface area contributed by atoms with Gasteiger partial charge in [0.1, 0.15) is 17.1 Å². The minimum atomic E-state index is -4.25. The Morgan fingerprint density at radius 2 is 1.64 bits per heavy atom. The number of hydrogen-bond donors (Lipinski definition) is 2. The van der Waals surface area contributed by atoms with Crippen LogP contribution in [0.25, 0.3) is 0 Å². The molecule has 9 heteroatoms. The van der Waals surface area contributed by atoms with Crippen molar-refractivity contribution in [1.29, 1.82) is 0 Å². The number of rotatable bonds is 6. The van der Waals surface area contributed by atoms with Crippen LogP contribution in [0.5, 0.6) is 11.6 Å². The summed E-state index contributed by atoms with van der Waals surface area (Å²) in [5.41, 5.74) is 9.40. The summed E-state index contributed by atoms with van der Waals surface area (Å²) >= 11 is 0. The fourth-order valence-corrected chi connectivity index (χ4v) is 5.68. The second kappa shape index (κ2) is 10.7. The van der Waals surface area contributed by atoms with Gasteiger partial charge >= 0.3 is 0 Å². The van der Waals surface area contributed by atoms with Crippen molar-refractivity contribution < 1.29 is 17.9 Å². The number of ether oxygens (including phenoxy) is 1. The van der Waals surface area contributed by atoms with Gasteiger partial charge in [-0.1, -0.05) is 49.4 Å². The lowest BCUT2D eigenvalue weighted by Gasteiger charge is -2.18. The van der Waals surface area contributed by atoms with Crippen LogP contribution in [-0.2, 0) is 10.0 Å². The minimum absolute atomic E-state index is 0.0271. The topological polar surface area (TPSA) is 124 Å². The Balaban J connectivity index is 1.72. The SMILES string of the molecule is Cc1cc(C)c(Oc2nc(C3CCCCCC3)ccc2C(=O)NS(=O)(=O)c2cccc(N)n2)c(C)c1. The van der Waals surface area contributed by atoms with Crippen LogP contribution in [0, 0.1) is 20.8 Å². The molecule has 3 N–H and O–H groups in total. The zero-order chi connectivity index (χ0) is 25.9. The van der Waals surface area contributed by atoms with E-state index in [-0.39, 0.29) is 28.2 Å².